The summed E-state index contributed by atoms with van der Waals surface area (Å²) in [7, 11) is 0. The fraction of sp³-hybridized carbons (Fsp3) is 0.588. The molecule has 2 saturated heterocycles. The number of hydrogen-bond acceptors (Lipinski definition) is 5. The first-order chi connectivity index (χ1) is 12.7. The van der Waals surface area contributed by atoms with Crippen molar-refractivity contribution in [1.29, 1.82) is 0 Å². The minimum Gasteiger partial charge on any atom is -0.363 e. The van der Waals surface area contributed by atoms with Gasteiger partial charge in [0.2, 0.25) is 5.91 Å². The average Bonchev–Trinajstić information content (AvgIpc) is 3.28. The molecule has 8 nitrogen and oxygen atoms in total. The fourth-order valence-corrected chi connectivity index (χ4v) is 3.94. The third-order valence-corrected chi connectivity index (χ3v) is 5.46. The zero-order chi connectivity index (χ0) is 18.4. The molecule has 2 fully saturated rings. The number of amides is 3. The van der Waals surface area contributed by atoms with Crippen molar-refractivity contribution < 1.29 is 9.59 Å². The molecule has 0 aliphatic carbocycles. The van der Waals surface area contributed by atoms with Crippen LogP contribution in [-0.2, 0) is 4.79 Å². The molecular formula is C17H27IN6O2S. The summed E-state index contributed by atoms with van der Waals surface area (Å²) < 4.78 is 0. The summed E-state index contributed by atoms with van der Waals surface area (Å²) in [6.07, 6.45) is 2.10. The Morgan fingerprint density at radius 1 is 1.37 bits per heavy atom. The Kier molecular flexibility index (Phi) is 8.61. The van der Waals surface area contributed by atoms with Crippen molar-refractivity contribution in [1.82, 2.24) is 20.9 Å². The van der Waals surface area contributed by atoms with Crippen LogP contribution in [0.5, 0.6) is 0 Å². The molecule has 10 heteroatoms. The van der Waals surface area contributed by atoms with Gasteiger partial charge in [0, 0.05) is 25.7 Å². The number of nitrogens with zero attached hydrogens (tertiary/aromatic N) is 3. The molecule has 0 aromatic carbocycles. The second-order valence-electron chi connectivity index (χ2n) is 6.32. The van der Waals surface area contributed by atoms with E-state index in [1.165, 1.54) is 9.90 Å². The second kappa shape index (κ2) is 10.7. The first kappa shape index (κ1) is 21.7. The van der Waals surface area contributed by atoms with Crippen molar-refractivity contribution in [3.63, 3.8) is 0 Å². The summed E-state index contributed by atoms with van der Waals surface area (Å²) in [5.74, 6) is 0.554. The van der Waals surface area contributed by atoms with Crippen molar-refractivity contribution in [2.24, 2.45) is 4.99 Å². The lowest BCUT2D eigenvalue weighted by Gasteiger charge is -2.33. The van der Waals surface area contributed by atoms with E-state index in [-0.39, 0.29) is 42.5 Å². The van der Waals surface area contributed by atoms with Crippen molar-refractivity contribution in [2.45, 2.75) is 25.8 Å². The number of hydrogen-bond donors (Lipinski definition) is 3. The molecule has 3 amide bonds. The lowest BCUT2D eigenvalue weighted by atomic mass is 10.1. The molecule has 3 rings (SSSR count). The topological polar surface area (TPSA) is 89.1 Å². The monoisotopic (exact) mass is 506 g/mol. The summed E-state index contributed by atoms with van der Waals surface area (Å²) in [5.41, 5.74) is 0. The largest absolute Gasteiger partial charge is 0.363 e. The molecule has 3 N–H and O–H groups in total. The van der Waals surface area contributed by atoms with Gasteiger partial charge in [0.05, 0.1) is 24.6 Å². The predicted octanol–water partition coefficient (Wildman–Crippen LogP) is 1.44. The fourth-order valence-electron chi connectivity index (χ4n) is 3.15. The lowest BCUT2D eigenvalue weighted by molar-refractivity contribution is -0.124. The number of carbonyl (C=O) groups is 2. The van der Waals surface area contributed by atoms with Crippen molar-refractivity contribution in [2.75, 3.05) is 44.2 Å². The molecule has 0 saturated carbocycles. The standard InChI is InChI=1S/C17H26N6O2S.HI/c1-2-18-16(19-7-10-23-14(24)12-20-17(23)25)21-13-5-8-22(9-6-13)15-4-3-11-26-15;/h3-4,11,13H,2,5-10,12H2,1H3,(H,20,25)(H2,18,19,21);1H. The highest BCUT2D eigenvalue weighted by molar-refractivity contribution is 14.0. The molecule has 27 heavy (non-hydrogen) atoms. The second-order valence-corrected chi connectivity index (χ2v) is 7.25. The molecule has 1 aromatic heterocycles. The number of rotatable bonds is 6. The Bertz CT molecular complexity index is 630. The van der Waals surface area contributed by atoms with Gasteiger partial charge in [0.15, 0.2) is 5.96 Å². The van der Waals surface area contributed by atoms with Crippen LogP contribution in [0.15, 0.2) is 22.5 Å². The van der Waals surface area contributed by atoms with Gasteiger partial charge >= 0.3 is 6.03 Å². The molecule has 3 heterocycles. The van der Waals surface area contributed by atoms with Crippen LogP contribution in [0.2, 0.25) is 0 Å². The van der Waals surface area contributed by atoms with E-state index in [4.69, 9.17) is 0 Å². The van der Waals surface area contributed by atoms with E-state index in [9.17, 15) is 9.59 Å². The first-order valence-electron chi connectivity index (χ1n) is 9.09. The SMILES string of the molecule is CCNC(=NCCN1C(=O)CNC1=O)NC1CCN(c2cccs2)CC1.I. The number of guanidine groups is 1. The van der Waals surface area contributed by atoms with Gasteiger partial charge in [0.1, 0.15) is 0 Å². The van der Waals surface area contributed by atoms with Crippen molar-refractivity contribution in [3.8, 4) is 0 Å². The van der Waals surface area contributed by atoms with Gasteiger partial charge in [0.25, 0.3) is 0 Å². The first-order valence-corrected chi connectivity index (χ1v) is 9.97. The maximum Gasteiger partial charge on any atom is 0.324 e. The summed E-state index contributed by atoms with van der Waals surface area (Å²) >= 11 is 1.78. The van der Waals surface area contributed by atoms with E-state index in [2.05, 4.69) is 43.4 Å². The number of urea groups is 1. The molecule has 1 aromatic rings. The molecule has 0 radical (unpaired) electrons. The minimum absolute atomic E-state index is 0. The number of piperidine rings is 1. The zero-order valence-electron chi connectivity index (χ0n) is 15.4. The molecule has 0 spiro atoms. The number of imide groups is 1. The minimum atomic E-state index is -0.330. The Labute approximate surface area is 180 Å². The van der Waals surface area contributed by atoms with Gasteiger partial charge < -0.3 is 20.9 Å². The van der Waals surface area contributed by atoms with Crippen LogP contribution >= 0.6 is 35.3 Å². The molecule has 0 unspecified atom stereocenters. The van der Waals surface area contributed by atoms with E-state index in [0.717, 1.165) is 38.4 Å². The lowest BCUT2D eigenvalue weighted by Crippen LogP contribution is -2.49. The average molecular weight is 506 g/mol. The van der Waals surface area contributed by atoms with E-state index in [1.807, 2.05) is 6.92 Å². The number of halogens is 1. The van der Waals surface area contributed by atoms with Gasteiger partial charge in [-0.05, 0) is 37.3 Å². The quantitative estimate of drug-likeness (QED) is 0.235. The number of aliphatic imine (C=N–C) groups is 1. The summed E-state index contributed by atoms with van der Waals surface area (Å²) in [5, 5.41) is 12.7. The van der Waals surface area contributed by atoms with Crippen LogP contribution in [0.25, 0.3) is 0 Å². The maximum absolute atomic E-state index is 11.6. The van der Waals surface area contributed by atoms with Crippen molar-refractivity contribution in [3.05, 3.63) is 17.5 Å². The van der Waals surface area contributed by atoms with E-state index in [1.54, 1.807) is 11.3 Å². The van der Waals surface area contributed by atoms with E-state index in [0.29, 0.717) is 19.1 Å². The molecule has 150 valence electrons. The third kappa shape index (κ3) is 5.96. The highest BCUT2D eigenvalue weighted by atomic mass is 127. The summed E-state index contributed by atoms with van der Waals surface area (Å²) in [6.45, 7) is 5.63. The Morgan fingerprint density at radius 2 is 2.15 bits per heavy atom. The van der Waals surface area contributed by atoms with Crippen LogP contribution in [0.4, 0.5) is 9.80 Å². The molecular weight excluding hydrogens is 479 g/mol. The molecule has 0 atom stereocenters. The summed E-state index contributed by atoms with van der Waals surface area (Å²) in [6, 6.07) is 4.30. The summed E-state index contributed by atoms with van der Waals surface area (Å²) in [4.78, 5) is 31.3. The van der Waals surface area contributed by atoms with Crippen LogP contribution in [0, 0.1) is 0 Å². The normalized spacial score (nSPS) is 18.3. The Morgan fingerprint density at radius 3 is 2.74 bits per heavy atom. The van der Waals surface area contributed by atoms with Crippen LogP contribution in [0.1, 0.15) is 19.8 Å². The van der Waals surface area contributed by atoms with Crippen LogP contribution in [-0.4, -0.2) is 68.1 Å². The van der Waals surface area contributed by atoms with E-state index < -0.39 is 0 Å². The zero-order valence-corrected chi connectivity index (χ0v) is 18.6. The van der Waals surface area contributed by atoms with Crippen molar-refractivity contribution >= 4 is 58.2 Å². The predicted molar refractivity (Wildman–Crippen MR) is 119 cm³/mol. The number of thiophene rings is 1. The van der Waals surface area contributed by atoms with Gasteiger partial charge in [-0.15, -0.1) is 35.3 Å². The highest BCUT2D eigenvalue weighted by Gasteiger charge is 2.27. The third-order valence-electron chi connectivity index (χ3n) is 4.53. The number of carbonyl (C=O) groups excluding carboxylic acids is 2. The van der Waals surface area contributed by atoms with Gasteiger partial charge in [-0.2, -0.15) is 0 Å². The van der Waals surface area contributed by atoms with Gasteiger partial charge in [-0.1, -0.05) is 0 Å². The Balaban J connectivity index is 0.00000261. The van der Waals surface area contributed by atoms with Crippen LogP contribution in [0.3, 0.4) is 0 Å². The number of anilines is 1. The van der Waals surface area contributed by atoms with Gasteiger partial charge in [-0.25, -0.2) is 4.79 Å². The molecule has 0 bridgehead atoms. The number of nitrogens with one attached hydrogen (secondary N) is 3. The smallest absolute Gasteiger partial charge is 0.324 e. The van der Waals surface area contributed by atoms with E-state index >= 15 is 0 Å². The highest BCUT2D eigenvalue weighted by Crippen LogP contribution is 2.24. The van der Waals surface area contributed by atoms with Crippen LogP contribution < -0.4 is 20.9 Å². The molecule has 2 aliphatic rings. The maximum atomic E-state index is 11.6. The molecule has 2 aliphatic heterocycles. The Hall–Kier alpha value is -1.56. The van der Waals surface area contributed by atoms with Gasteiger partial charge in [-0.3, -0.25) is 14.7 Å².